The van der Waals surface area contributed by atoms with Crippen molar-refractivity contribution < 1.29 is 9.59 Å². The summed E-state index contributed by atoms with van der Waals surface area (Å²) in [5.41, 5.74) is 0.0368. The molecule has 0 spiro atoms. The van der Waals surface area contributed by atoms with E-state index in [9.17, 15) is 9.59 Å². The van der Waals surface area contributed by atoms with Crippen molar-refractivity contribution in [1.29, 1.82) is 0 Å². The lowest BCUT2D eigenvalue weighted by Gasteiger charge is -2.38. The predicted octanol–water partition coefficient (Wildman–Crippen LogP) is 5.04. The third kappa shape index (κ3) is 4.90. The second-order valence-corrected chi connectivity index (χ2v) is 11.5. The topological polar surface area (TPSA) is 63.5 Å². The summed E-state index contributed by atoms with van der Waals surface area (Å²) in [6, 6.07) is 0. The molecule has 1 N–H and O–H groups in total. The van der Waals surface area contributed by atoms with Gasteiger partial charge in [-0.2, -0.15) is 0 Å². The molecule has 1 aliphatic rings. The molecule has 5 nitrogen and oxygen atoms in total. The number of aromatic nitrogens is 1. The van der Waals surface area contributed by atoms with Crippen LogP contribution >= 0.6 is 11.5 Å². The SMILES string of the molecule is CCCCc1cn(C(C)(C)C)sc1=NC(=O)C1(C)CCC(C(=O)NCCC)C1(C)C. The van der Waals surface area contributed by atoms with E-state index in [4.69, 9.17) is 0 Å². The highest BCUT2D eigenvalue weighted by atomic mass is 32.1. The zero-order valence-corrected chi connectivity index (χ0v) is 21.0. The van der Waals surface area contributed by atoms with Gasteiger partial charge < -0.3 is 5.32 Å². The fourth-order valence-corrected chi connectivity index (χ4v) is 5.30. The zero-order chi connectivity index (χ0) is 22.7. The molecule has 6 heteroatoms. The Bertz CT molecular complexity index is 828. The van der Waals surface area contributed by atoms with Crippen LogP contribution in [-0.2, 0) is 21.5 Å². The molecule has 1 aromatic rings. The smallest absolute Gasteiger partial charge is 0.253 e. The molecule has 1 saturated carbocycles. The van der Waals surface area contributed by atoms with Crippen molar-refractivity contribution in [3.05, 3.63) is 16.4 Å². The number of nitrogens with one attached hydrogen (secondary N) is 1. The molecule has 170 valence electrons. The van der Waals surface area contributed by atoms with Gasteiger partial charge in [0.05, 0.1) is 5.41 Å². The van der Waals surface area contributed by atoms with Gasteiger partial charge in [-0.25, -0.2) is 4.99 Å². The first-order valence-corrected chi connectivity index (χ1v) is 12.2. The van der Waals surface area contributed by atoms with Gasteiger partial charge in [0.2, 0.25) is 5.91 Å². The number of unbranched alkanes of at least 4 members (excludes halogenated alkanes) is 1. The van der Waals surface area contributed by atoms with Crippen LogP contribution in [0.4, 0.5) is 0 Å². The standard InChI is InChI=1S/C24H41N3O2S/c1-9-11-12-17-16-27(22(3,4)5)30-20(17)26-21(29)24(8)14-13-18(23(24,6)7)19(28)25-15-10-2/h16,18H,9-15H2,1-8H3,(H,25,28). The third-order valence-electron chi connectivity index (χ3n) is 6.96. The lowest BCUT2D eigenvalue weighted by atomic mass is 9.65. The lowest BCUT2D eigenvalue weighted by Crippen LogP contribution is -2.45. The Hall–Kier alpha value is -1.43. The molecular weight excluding hydrogens is 394 g/mol. The number of carbonyl (C=O) groups excluding carboxylic acids is 2. The summed E-state index contributed by atoms with van der Waals surface area (Å²) in [6.45, 7) is 17.5. The maximum atomic E-state index is 13.5. The van der Waals surface area contributed by atoms with Gasteiger partial charge in [-0.1, -0.05) is 41.0 Å². The molecular formula is C24H41N3O2S. The molecule has 2 atom stereocenters. The fraction of sp³-hybridized carbons (Fsp3) is 0.792. The van der Waals surface area contributed by atoms with E-state index in [1.165, 1.54) is 0 Å². The van der Waals surface area contributed by atoms with Crippen LogP contribution in [0.2, 0.25) is 0 Å². The van der Waals surface area contributed by atoms with Crippen LogP contribution in [0.25, 0.3) is 0 Å². The molecule has 1 aromatic heterocycles. The van der Waals surface area contributed by atoms with Gasteiger partial charge >= 0.3 is 0 Å². The molecule has 1 heterocycles. The summed E-state index contributed by atoms with van der Waals surface area (Å²) in [5.74, 6) is -0.168. The molecule has 0 aromatic carbocycles. The van der Waals surface area contributed by atoms with Crippen LogP contribution in [0.5, 0.6) is 0 Å². The maximum Gasteiger partial charge on any atom is 0.253 e. The van der Waals surface area contributed by atoms with Crippen LogP contribution in [0.15, 0.2) is 11.2 Å². The lowest BCUT2D eigenvalue weighted by molar-refractivity contribution is -0.136. The summed E-state index contributed by atoms with van der Waals surface area (Å²) < 4.78 is 3.03. The van der Waals surface area contributed by atoms with Crippen LogP contribution in [0.1, 0.15) is 93.1 Å². The number of amides is 2. The largest absolute Gasteiger partial charge is 0.356 e. The van der Waals surface area contributed by atoms with Crippen LogP contribution < -0.4 is 9.99 Å². The number of aryl methyl sites for hydroxylation is 1. The molecule has 0 aliphatic heterocycles. The predicted molar refractivity (Wildman–Crippen MR) is 124 cm³/mol. The van der Waals surface area contributed by atoms with E-state index in [1.807, 2.05) is 13.8 Å². The number of rotatable bonds is 7. The van der Waals surface area contributed by atoms with Crippen LogP contribution in [-0.4, -0.2) is 22.3 Å². The molecule has 1 fully saturated rings. The van der Waals surface area contributed by atoms with E-state index in [-0.39, 0.29) is 23.3 Å². The molecule has 0 radical (unpaired) electrons. The summed E-state index contributed by atoms with van der Waals surface area (Å²) >= 11 is 1.57. The fourth-order valence-electron chi connectivity index (χ4n) is 4.27. The third-order valence-corrected chi connectivity index (χ3v) is 8.34. The van der Waals surface area contributed by atoms with Gasteiger partial charge in [0.25, 0.3) is 5.91 Å². The second-order valence-electron chi connectivity index (χ2n) is 10.5. The molecule has 2 unspecified atom stereocenters. The van der Waals surface area contributed by atoms with Crippen molar-refractivity contribution in [1.82, 2.24) is 9.27 Å². The van der Waals surface area contributed by atoms with Gasteiger partial charge in [0.15, 0.2) is 0 Å². The van der Waals surface area contributed by atoms with E-state index in [0.29, 0.717) is 13.0 Å². The minimum Gasteiger partial charge on any atom is -0.356 e. The van der Waals surface area contributed by atoms with Gasteiger partial charge in [-0.15, -0.1) is 0 Å². The maximum absolute atomic E-state index is 13.5. The first kappa shape index (κ1) is 24.8. The van der Waals surface area contributed by atoms with Crippen molar-refractivity contribution in [2.24, 2.45) is 21.7 Å². The van der Waals surface area contributed by atoms with Crippen LogP contribution in [0.3, 0.4) is 0 Å². The second kappa shape index (κ2) is 9.37. The van der Waals surface area contributed by atoms with Crippen LogP contribution in [0, 0.1) is 16.7 Å². The normalized spacial score (nSPS) is 24.3. The monoisotopic (exact) mass is 435 g/mol. The minimum atomic E-state index is -0.639. The van der Waals surface area contributed by atoms with Crippen molar-refractivity contribution in [3.8, 4) is 0 Å². The summed E-state index contributed by atoms with van der Waals surface area (Å²) in [7, 11) is 0. The Kier molecular flexibility index (Phi) is 7.76. The average Bonchev–Trinajstić information content (AvgIpc) is 3.17. The molecule has 30 heavy (non-hydrogen) atoms. The highest BCUT2D eigenvalue weighted by Crippen LogP contribution is 2.56. The quantitative estimate of drug-likeness (QED) is 0.652. The average molecular weight is 436 g/mol. The Balaban J connectivity index is 2.39. The number of nitrogens with zero attached hydrogens (tertiary/aromatic N) is 2. The number of hydrogen-bond donors (Lipinski definition) is 1. The van der Waals surface area contributed by atoms with Crippen molar-refractivity contribution in [3.63, 3.8) is 0 Å². The summed E-state index contributed by atoms with van der Waals surface area (Å²) in [6.07, 6.45) is 7.63. The van der Waals surface area contributed by atoms with E-state index in [2.05, 4.69) is 62.0 Å². The van der Waals surface area contributed by atoms with Gasteiger partial charge in [0, 0.05) is 29.8 Å². The van der Waals surface area contributed by atoms with Gasteiger partial charge in [-0.3, -0.25) is 13.5 Å². The van der Waals surface area contributed by atoms with Crippen molar-refractivity contribution in [2.75, 3.05) is 6.54 Å². The van der Waals surface area contributed by atoms with Gasteiger partial charge in [0.1, 0.15) is 4.67 Å². The number of carbonyl (C=O) groups is 2. The van der Waals surface area contributed by atoms with E-state index >= 15 is 0 Å². The summed E-state index contributed by atoms with van der Waals surface area (Å²) in [4.78, 5) is 30.9. The van der Waals surface area contributed by atoms with Gasteiger partial charge in [-0.05, 0) is 69.8 Å². The Morgan fingerprint density at radius 1 is 1.23 bits per heavy atom. The summed E-state index contributed by atoms with van der Waals surface area (Å²) in [5, 5.41) is 3.03. The highest BCUT2D eigenvalue weighted by Gasteiger charge is 2.57. The minimum absolute atomic E-state index is 0.0402. The Morgan fingerprint density at radius 2 is 1.90 bits per heavy atom. The number of hydrogen-bond acceptors (Lipinski definition) is 3. The van der Waals surface area contributed by atoms with E-state index in [0.717, 1.165) is 42.3 Å². The molecule has 2 rings (SSSR count). The Morgan fingerprint density at radius 3 is 2.47 bits per heavy atom. The highest BCUT2D eigenvalue weighted by molar-refractivity contribution is 7.04. The molecule has 0 bridgehead atoms. The first-order chi connectivity index (χ1) is 13.9. The Labute approximate surface area is 186 Å². The van der Waals surface area contributed by atoms with Crippen molar-refractivity contribution >= 4 is 23.3 Å². The molecule has 2 amide bonds. The molecule has 0 saturated heterocycles. The molecule has 1 aliphatic carbocycles. The van der Waals surface area contributed by atoms with E-state index < -0.39 is 10.8 Å². The first-order valence-electron chi connectivity index (χ1n) is 11.5. The van der Waals surface area contributed by atoms with Crippen molar-refractivity contribution in [2.45, 2.75) is 99.5 Å². The zero-order valence-electron chi connectivity index (χ0n) is 20.2. The van der Waals surface area contributed by atoms with E-state index in [1.54, 1.807) is 11.5 Å².